The highest BCUT2D eigenvalue weighted by molar-refractivity contribution is 14.1. The predicted octanol–water partition coefficient (Wildman–Crippen LogP) is 4.32. The Bertz CT molecular complexity index is 86.1. The molecule has 2 heteroatoms. The van der Waals surface area contributed by atoms with Crippen LogP contribution in [0.25, 0.3) is 0 Å². The Morgan fingerprint density at radius 3 is 1.91 bits per heavy atom. The van der Waals surface area contributed by atoms with Gasteiger partial charge in [0.05, 0.1) is 0 Å². The fourth-order valence-corrected chi connectivity index (χ4v) is 2.95. The summed E-state index contributed by atoms with van der Waals surface area (Å²) in [6, 6.07) is 1.52. The molecule has 0 aliphatic carbocycles. The van der Waals surface area contributed by atoms with Crippen molar-refractivity contribution >= 4 is 30.7 Å². The summed E-state index contributed by atoms with van der Waals surface area (Å²) in [5, 5.41) is 0. The standard InChI is InChI=1S/C9H21ISi/c1-11(2,3)9-7-5-4-6-8-10/h4-9H2,1-3H3. The molecule has 11 heavy (non-hydrogen) atoms. The molecule has 0 amide bonds. The SMILES string of the molecule is C[Si](C)(C)CCCCCCI. The molecule has 0 N–H and O–H groups in total. The van der Waals surface area contributed by atoms with Crippen molar-refractivity contribution in [3.63, 3.8) is 0 Å². The maximum atomic E-state index is 2.46. The van der Waals surface area contributed by atoms with Gasteiger partial charge in [-0.3, -0.25) is 0 Å². The lowest BCUT2D eigenvalue weighted by molar-refractivity contribution is 0.705. The fraction of sp³-hybridized carbons (Fsp3) is 1.00. The van der Waals surface area contributed by atoms with Crippen LogP contribution in [0.15, 0.2) is 0 Å². The third kappa shape index (κ3) is 10.9. The zero-order valence-electron chi connectivity index (χ0n) is 8.12. The van der Waals surface area contributed by atoms with E-state index in [0.29, 0.717) is 0 Å². The highest BCUT2D eigenvalue weighted by Gasteiger charge is 2.10. The van der Waals surface area contributed by atoms with Crippen molar-refractivity contribution in [1.29, 1.82) is 0 Å². The van der Waals surface area contributed by atoms with Crippen LogP contribution in [0.1, 0.15) is 25.7 Å². The molecule has 0 rings (SSSR count). The van der Waals surface area contributed by atoms with Crippen molar-refractivity contribution in [3.05, 3.63) is 0 Å². The van der Waals surface area contributed by atoms with Gasteiger partial charge in [-0.15, -0.1) is 0 Å². The van der Waals surface area contributed by atoms with Gasteiger partial charge in [-0.25, -0.2) is 0 Å². The van der Waals surface area contributed by atoms with Crippen LogP contribution in [0.5, 0.6) is 0 Å². The lowest BCUT2D eigenvalue weighted by atomic mass is 10.2. The first kappa shape index (κ1) is 11.9. The van der Waals surface area contributed by atoms with E-state index >= 15 is 0 Å². The summed E-state index contributed by atoms with van der Waals surface area (Å²) in [6.07, 6.45) is 5.82. The third-order valence-electron chi connectivity index (χ3n) is 1.81. The summed E-state index contributed by atoms with van der Waals surface area (Å²) in [5.41, 5.74) is 0. The maximum Gasteiger partial charge on any atom is 0.0442 e. The monoisotopic (exact) mass is 284 g/mol. The van der Waals surface area contributed by atoms with Gasteiger partial charge < -0.3 is 0 Å². The maximum absolute atomic E-state index is 2.46. The number of halogens is 1. The van der Waals surface area contributed by atoms with Crippen LogP contribution < -0.4 is 0 Å². The predicted molar refractivity (Wildman–Crippen MR) is 65.5 cm³/mol. The van der Waals surface area contributed by atoms with Crippen molar-refractivity contribution in [2.24, 2.45) is 0 Å². The van der Waals surface area contributed by atoms with E-state index in [0.717, 1.165) is 0 Å². The van der Waals surface area contributed by atoms with Gasteiger partial charge in [0.1, 0.15) is 0 Å². The van der Waals surface area contributed by atoms with Crippen LogP contribution in [0, 0.1) is 0 Å². The molecule has 0 aromatic carbocycles. The van der Waals surface area contributed by atoms with Crippen molar-refractivity contribution in [1.82, 2.24) is 0 Å². The van der Waals surface area contributed by atoms with E-state index < -0.39 is 8.07 Å². The van der Waals surface area contributed by atoms with E-state index in [4.69, 9.17) is 0 Å². The molecular weight excluding hydrogens is 263 g/mol. The third-order valence-corrected chi connectivity index (χ3v) is 4.43. The number of alkyl halides is 1. The zero-order valence-corrected chi connectivity index (χ0v) is 11.3. The highest BCUT2D eigenvalue weighted by Crippen LogP contribution is 2.14. The van der Waals surface area contributed by atoms with Gasteiger partial charge in [-0.05, 0) is 10.8 Å². The molecule has 0 unspecified atom stereocenters. The van der Waals surface area contributed by atoms with Crippen molar-refractivity contribution < 1.29 is 0 Å². The summed E-state index contributed by atoms with van der Waals surface area (Å²) >= 11 is 2.46. The molecule has 0 saturated carbocycles. The fourth-order valence-electron chi connectivity index (χ4n) is 1.10. The molecule has 0 heterocycles. The largest absolute Gasteiger partial charge is 0.0864 e. The smallest absolute Gasteiger partial charge is 0.0442 e. The Morgan fingerprint density at radius 2 is 1.45 bits per heavy atom. The first-order valence-corrected chi connectivity index (χ1v) is 9.85. The topological polar surface area (TPSA) is 0 Å². The minimum atomic E-state index is -0.719. The van der Waals surface area contributed by atoms with E-state index in [1.165, 1.54) is 36.2 Å². The number of rotatable bonds is 6. The number of unbranched alkanes of at least 4 members (excludes halogenated alkanes) is 3. The quantitative estimate of drug-likeness (QED) is 0.295. The van der Waals surface area contributed by atoms with Gasteiger partial charge in [0, 0.05) is 8.07 Å². The van der Waals surface area contributed by atoms with E-state index in [2.05, 4.69) is 42.2 Å². The molecule has 0 bridgehead atoms. The summed E-state index contributed by atoms with van der Waals surface area (Å²) < 4.78 is 1.34. The van der Waals surface area contributed by atoms with E-state index in [9.17, 15) is 0 Å². The molecular formula is C9H21ISi. The lowest BCUT2D eigenvalue weighted by Gasteiger charge is -2.14. The minimum absolute atomic E-state index is 0.719. The van der Waals surface area contributed by atoms with Crippen LogP contribution in [0.3, 0.4) is 0 Å². The highest BCUT2D eigenvalue weighted by atomic mass is 127. The van der Waals surface area contributed by atoms with Crippen LogP contribution in [-0.4, -0.2) is 12.5 Å². The van der Waals surface area contributed by atoms with Gasteiger partial charge >= 0.3 is 0 Å². The summed E-state index contributed by atoms with van der Waals surface area (Å²) in [5.74, 6) is 0. The van der Waals surface area contributed by atoms with E-state index in [1.54, 1.807) is 0 Å². The molecule has 0 aliphatic heterocycles. The Kier molecular flexibility index (Phi) is 7.02. The molecule has 0 aromatic rings. The zero-order chi connectivity index (χ0) is 8.74. The molecule has 0 radical (unpaired) electrons. The van der Waals surface area contributed by atoms with Crippen LogP contribution in [0.2, 0.25) is 25.7 Å². The Balaban J connectivity index is 3.02. The van der Waals surface area contributed by atoms with Gasteiger partial charge in [0.25, 0.3) is 0 Å². The molecule has 0 nitrogen and oxygen atoms in total. The Hall–Kier alpha value is 0.947. The van der Waals surface area contributed by atoms with Crippen LogP contribution in [0.4, 0.5) is 0 Å². The summed E-state index contributed by atoms with van der Waals surface area (Å²) in [7, 11) is -0.719. The van der Waals surface area contributed by atoms with Gasteiger partial charge in [-0.2, -0.15) is 0 Å². The van der Waals surface area contributed by atoms with E-state index in [-0.39, 0.29) is 0 Å². The molecule has 0 aromatic heterocycles. The molecule has 0 aliphatic rings. The molecule has 0 spiro atoms. The second-order valence-electron chi connectivity index (χ2n) is 4.41. The molecule has 0 atom stereocenters. The van der Waals surface area contributed by atoms with Gasteiger partial charge in [-0.1, -0.05) is 67.5 Å². The molecule has 0 saturated heterocycles. The van der Waals surface area contributed by atoms with Gasteiger partial charge in [0.2, 0.25) is 0 Å². The first-order valence-electron chi connectivity index (χ1n) is 4.62. The van der Waals surface area contributed by atoms with Crippen molar-refractivity contribution in [3.8, 4) is 0 Å². The van der Waals surface area contributed by atoms with Crippen molar-refractivity contribution in [2.45, 2.75) is 51.4 Å². The Labute approximate surface area is 86.3 Å². The minimum Gasteiger partial charge on any atom is -0.0864 e. The first-order chi connectivity index (χ1) is 5.06. The second kappa shape index (κ2) is 6.46. The molecule has 68 valence electrons. The van der Waals surface area contributed by atoms with Gasteiger partial charge in [0.15, 0.2) is 0 Å². The lowest BCUT2D eigenvalue weighted by Crippen LogP contribution is -2.18. The number of hydrogen-bond donors (Lipinski definition) is 0. The second-order valence-corrected chi connectivity index (χ2v) is 11.1. The normalized spacial score (nSPS) is 12.0. The summed E-state index contributed by atoms with van der Waals surface area (Å²) in [4.78, 5) is 0. The average molecular weight is 284 g/mol. The molecule has 0 fully saturated rings. The Morgan fingerprint density at radius 1 is 0.909 bits per heavy atom. The van der Waals surface area contributed by atoms with Crippen LogP contribution in [-0.2, 0) is 0 Å². The average Bonchev–Trinajstić information content (AvgIpc) is 1.85. The van der Waals surface area contributed by atoms with E-state index in [1.807, 2.05) is 0 Å². The van der Waals surface area contributed by atoms with Crippen molar-refractivity contribution in [2.75, 3.05) is 4.43 Å². The van der Waals surface area contributed by atoms with Crippen LogP contribution >= 0.6 is 22.6 Å². The number of hydrogen-bond acceptors (Lipinski definition) is 0. The summed E-state index contributed by atoms with van der Waals surface area (Å²) in [6.45, 7) is 7.39.